The van der Waals surface area contributed by atoms with Crippen molar-refractivity contribution in [1.82, 2.24) is 25.6 Å². The lowest BCUT2D eigenvalue weighted by molar-refractivity contribution is -0.121. The van der Waals surface area contributed by atoms with Crippen molar-refractivity contribution < 1.29 is 9.59 Å². The van der Waals surface area contributed by atoms with E-state index in [0.29, 0.717) is 19.0 Å². The molecule has 0 fully saturated rings. The Morgan fingerprint density at radius 3 is 2.44 bits per heavy atom. The summed E-state index contributed by atoms with van der Waals surface area (Å²) < 4.78 is 1.48. The van der Waals surface area contributed by atoms with Crippen molar-refractivity contribution in [2.45, 2.75) is 39.3 Å². The Balaban J connectivity index is 1.94. The third kappa shape index (κ3) is 5.39. The Morgan fingerprint density at radius 1 is 1.20 bits per heavy atom. The minimum Gasteiger partial charge on any atom is -0.364 e. The van der Waals surface area contributed by atoms with E-state index in [-0.39, 0.29) is 17.6 Å². The number of amides is 2. The average molecular weight is 344 g/mol. The van der Waals surface area contributed by atoms with Gasteiger partial charge < -0.3 is 16.4 Å². The summed E-state index contributed by atoms with van der Waals surface area (Å²) >= 11 is 0. The first-order chi connectivity index (χ1) is 11.9. The van der Waals surface area contributed by atoms with Crippen molar-refractivity contribution >= 4 is 11.8 Å². The van der Waals surface area contributed by atoms with Crippen molar-refractivity contribution in [1.29, 1.82) is 0 Å². The molecule has 0 saturated carbocycles. The summed E-state index contributed by atoms with van der Waals surface area (Å²) in [6.45, 7) is 6.68. The minimum absolute atomic E-state index is 0.00658. The van der Waals surface area contributed by atoms with E-state index in [2.05, 4.69) is 20.9 Å². The molecule has 2 amide bonds. The number of hydrogen-bond acceptors (Lipinski definition) is 5. The highest BCUT2D eigenvalue weighted by molar-refractivity contribution is 5.90. The van der Waals surface area contributed by atoms with E-state index in [1.807, 2.05) is 45.0 Å². The van der Waals surface area contributed by atoms with Crippen molar-refractivity contribution in [3.8, 4) is 5.69 Å². The summed E-state index contributed by atoms with van der Waals surface area (Å²) in [5, 5.41) is 13.8. The molecule has 8 heteroatoms. The molecule has 1 atom stereocenters. The van der Waals surface area contributed by atoms with Crippen LogP contribution in [0.3, 0.4) is 0 Å². The highest BCUT2D eigenvalue weighted by Gasteiger charge is 2.11. The van der Waals surface area contributed by atoms with Crippen LogP contribution in [-0.2, 0) is 4.79 Å². The first kappa shape index (κ1) is 18.6. The van der Waals surface area contributed by atoms with E-state index in [4.69, 9.17) is 5.73 Å². The van der Waals surface area contributed by atoms with Crippen LogP contribution >= 0.6 is 0 Å². The third-order valence-electron chi connectivity index (χ3n) is 3.69. The van der Waals surface area contributed by atoms with Crippen LogP contribution in [0.1, 0.15) is 49.3 Å². The molecule has 2 rings (SSSR count). The van der Waals surface area contributed by atoms with Gasteiger partial charge in [0.05, 0.1) is 17.9 Å². The Morgan fingerprint density at radius 2 is 1.88 bits per heavy atom. The second-order valence-electron chi connectivity index (χ2n) is 6.15. The Bertz CT molecular complexity index is 723. The summed E-state index contributed by atoms with van der Waals surface area (Å²) in [4.78, 5) is 23.0. The van der Waals surface area contributed by atoms with E-state index in [1.165, 1.54) is 10.9 Å². The molecular formula is C17H24N6O2. The van der Waals surface area contributed by atoms with E-state index < -0.39 is 5.91 Å². The molecule has 1 aromatic carbocycles. The number of carbonyl (C=O) groups excluding carboxylic acids is 2. The normalized spacial score (nSPS) is 12.2. The molecule has 25 heavy (non-hydrogen) atoms. The SMILES string of the molecule is CC(C)NCCC(=O)NC(C)c1ccc(-n2cc(C(N)=O)nn2)cc1. The van der Waals surface area contributed by atoms with Crippen molar-refractivity contribution in [3.63, 3.8) is 0 Å². The number of nitrogens with one attached hydrogen (secondary N) is 2. The molecule has 1 aromatic heterocycles. The Labute approximate surface area is 146 Å². The largest absolute Gasteiger partial charge is 0.364 e. The van der Waals surface area contributed by atoms with E-state index >= 15 is 0 Å². The first-order valence-corrected chi connectivity index (χ1v) is 8.22. The maximum absolute atomic E-state index is 11.9. The van der Waals surface area contributed by atoms with Crippen LogP contribution in [-0.4, -0.2) is 39.4 Å². The fourth-order valence-electron chi connectivity index (χ4n) is 2.29. The molecule has 0 aliphatic rings. The molecule has 0 aliphatic heterocycles. The fraction of sp³-hybridized carbons (Fsp3) is 0.412. The van der Waals surface area contributed by atoms with E-state index in [0.717, 1.165) is 11.3 Å². The zero-order valence-corrected chi connectivity index (χ0v) is 14.7. The lowest BCUT2D eigenvalue weighted by atomic mass is 10.1. The van der Waals surface area contributed by atoms with Crippen LogP contribution in [0.15, 0.2) is 30.5 Å². The molecule has 1 unspecified atom stereocenters. The van der Waals surface area contributed by atoms with Crippen LogP contribution in [0.4, 0.5) is 0 Å². The molecule has 0 aliphatic carbocycles. The minimum atomic E-state index is -0.619. The summed E-state index contributed by atoms with van der Waals surface area (Å²) in [6, 6.07) is 7.76. The summed E-state index contributed by atoms with van der Waals surface area (Å²) in [6.07, 6.45) is 1.92. The van der Waals surface area contributed by atoms with Gasteiger partial charge in [-0.15, -0.1) is 5.10 Å². The second-order valence-corrected chi connectivity index (χ2v) is 6.15. The van der Waals surface area contributed by atoms with Gasteiger partial charge in [-0.3, -0.25) is 9.59 Å². The van der Waals surface area contributed by atoms with Crippen LogP contribution in [0.5, 0.6) is 0 Å². The van der Waals surface area contributed by atoms with Gasteiger partial charge in [0.25, 0.3) is 5.91 Å². The summed E-state index contributed by atoms with van der Waals surface area (Å²) in [7, 11) is 0. The maximum atomic E-state index is 11.9. The smallest absolute Gasteiger partial charge is 0.270 e. The lowest BCUT2D eigenvalue weighted by Crippen LogP contribution is -2.31. The zero-order valence-electron chi connectivity index (χ0n) is 14.7. The highest BCUT2D eigenvalue weighted by atomic mass is 16.2. The van der Waals surface area contributed by atoms with Crippen LogP contribution in [0, 0.1) is 0 Å². The maximum Gasteiger partial charge on any atom is 0.270 e. The summed E-state index contributed by atoms with van der Waals surface area (Å²) in [5.74, 6) is -0.613. The second kappa shape index (κ2) is 8.39. The molecule has 8 nitrogen and oxygen atoms in total. The Hall–Kier alpha value is -2.74. The van der Waals surface area contributed by atoms with E-state index in [9.17, 15) is 9.59 Å². The average Bonchev–Trinajstić information content (AvgIpc) is 3.05. The molecule has 0 saturated heterocycles. The molecule has 0 bridgehead atoms. The van der Waals surface area contributed by atoms with E-state index in [1.54, 1.807) is 0 Å². The predicted octanol–water partition coefficient (Wildman–Crippen LogP) is 0.932. The van der Waals surface area contributed by atoms with Gasteiger partial charge in [0.1, 0.15) is 0 Å². The van der Waals surface area contributed by atoms with Crippen molar-refractivity contribution in [2.24, 2.45) is 5.73 Å². The van der Waals surface area contributed by atoms with Gasteiger partial charge in [-0.1, -0.05) is 31.2 Å². The van der Waals surface area contributed by atoms with Gasteiger partial charge in [-0.25, -0.2) is 4.68 Å². The van der Waals surface area contributed by atoms with Gasteiger partial charge >= 0.3 is 0 Å². The van der Waals surface area contributed by atoms with Crippen molar-refractivity contribution in [2.75, 3.05) is 6.54 Å². The fourth-order valence-corrected chi connectivity index (χ4v) is 2.29. The Kier molecular flexibility index (Phi) is 6.24. The molecule has 4 N–H and O–H groups in total. The number of benzene rings is 1. The van der Waals surface area contributed by atoms with Gasteiger partial charge in [0.2, 0.25) is 5.91 Å². The number of nitrogens with zero attached hydrogens (tertiary/aromatic N) is 3. The standard InChI is InChI=1S/C17H24N6O2/c1-11(2)19-9-8-16(24)20-12(3)13-4-6-14(7-5-13)23-10-15(17(18)25)21-22-23/h4-7,10-12,19H,8-9H2,1-3H3,(H2,18,25)(H,20,24). The molecule has 2 aromatic rings. The number of hydrogen-bond donors (Lipinski definition) is 3. The number of nitrogens with two attached hydrogens (primary N) is 1. The summed E-state index contributed by atoms with van der Waals surface area (Å²) in [5.41, 5.74) is 7.01. The third-order valence-corrected chi connectivity index (χ3v) is 3.69. The molecular weight excluding hydrogens is 320 g/mol. The quantitative estimate of drug-likeness (QED) is 0.659. The van der Waals surface area contributed by atoms with Crippen LogP contribution in [0.2, 0.25) is 0 Å². The molecule has 1 heterocycles. The lowest BCUT2D eigenvalue weighted by Gasteiger charge is -2.15. The van der Waals surface area contributed by atoms with Gasteiger partial charge in [-0.05, 0) is 24.6 Å². The number of carbonyl (C=O) groups is 2. The zero-order chi connectivity index (χ0) is 18.4. The predicted molar refractivity (Wildman–Crippen MR) is 94.2 cm³/mol. The first-order valence-electron chi connectivity index (χ1n) is 8.22. The van der Waals surface area contributed by atoms with Gasteiger partial charge in [0.15, 0.2) is 5.69 Å². The number of rotatable bonds is 8. The topological polar surface area (TPSA) is 115 Å². The molecule has 0 radical (unpaired) electrons. The monoisotopic (exact) mass is 344 g/mol. The van der Waals surface area contributed by atoms with Crippen LogP contribution < -0.4 is 16.4 Å². The highest BCUT2D eigenvalue weighted by Crippen LogP contribution is 2.15. The number of aromatic nitrogens is 3. The molecule has 0 spiro atoms. The van der Waals surface area contributed by atoms with Gasteiger partial charge in [0, 0.05) is 19.0 Å². The van der Waals surface area contributed by atoms with Crippen LogP contribution in [0.25, 0.3) is 5.69 Å². The number of primary amides is 1. The van der Waals surface area contributed by atoms with Crippen molar-refractivity contribution in [3.05, 3.63) is 41.7 Å². The molecule has 134 valence electrons. The van der Waals surface area contributed by atoms with Gasteiger partial charge in [-0.2, -0.15) is 0 Å².